The number of aliphatic hydroxyl groups is 2. The van der Waals surface area contributed by atoms with Crippen molar-refractivity contribution in [3.05, 3.63) is 0 Å². The minimum absolute atomic E-state index is 0.0157. The maximum absolute atomic E-state index is 10.5. The first-order chi connectivity index (χ1) is 4.70. The fourth-order valence-corrected chi connectivity index (χ4v) is 0.619. The quantitative estimate of drug-likeness (QED) is 0.562. The second-order valence-electron chi connectivity index (χ2n) is 2.05. The number of Topliss-reactive ketones (excluding diaryl/α,β-unsaturated/α-hetero) is 1. The van der Waals surface area contributed by atoms with E-state index in [4.69, 9.17) is 21.8 Å². The predicted octanol–water partition coefficient (Wildman–Crippen LogP) is -0.0723. The molecule has 0 aliphatic heterocycles. The zero-order chi connectivity index (χ0) is 7.98. The minimum atomic E-state index is -0.785. The van der Waals surface area contributed by atoms with Crippen molar-refractivity contribution in [1.29, 1.82) is 0 Å². The largest absolute Gasteiger partial charge is 0.394 e. The lowest BCUT2D eigenvalue weighted by atomic mass is 10.1. The first-order valence-electron chi connectivity index (χ1n) is 3.07. The third-order valence-electron chi connectivity index (χ3n) is 1.12. The fraction of sp³-hybridized carbons (Fsp3) is 0.833. The molecule has 0 rings (SSSR count). The number of halogens is 1. The molecular weight excluding hydrogens is 156 g/mol. The number of hydrogen-bond acceptors (Lipinski definition) is 3. The van der Waals surface area contributed by atoms with Crippen molar-refractivity contribution in [3.63, 3.8) is 0 Å². The maximum Gasteiger partial charge on any atom is 0.147 e. The Morgan fingerprint density at radius 3 is 2.60 bits per heavy atom. The molecule has 60 valence electrons. The van der Waals surface area contributed by atoms with E-state index in [1.165, 1.54) is 0 Å². The molecule has 0 radical (unpaired) electrons. The van der Waals surface area contributed by atoms with Gasteiger partial charge < -0.3 is 10.2 Å². The molecule has 0 spiro atoms. The van der Waals surface area contributed by atoms with Gasteiger partial charge in [0.15, 0.2) is 0 Å². The van der Waals surface area contributed by atoms with E-state index in [0.29, 0.717) is 6.42 Å². The molecule has 0 aromatic heterocycles. The molecule has 2 N–H and O–H groups in total. The summed E-state index contributed by atoms with van der Waals surface area (Å²) in [6.45, 7) is -0.296. The summed E-state index contributed by atoms with van der Waals surface area (Å²) in [7, 11) is 0. The maximum atomic E-state index is 10.5. The van der Waals surface area contributed by atoms with E-state index in [9.17, 15) is 4.79 Å². The summed E-state index contributed by atoms with van der Waals surface area (Å²) in [5.74, 6) is -0.118. The van der Waals surface area contributed by atoms with Crippen LogP contribution in [0, 0.1) is 0 Å². The smallest absolute Gasteiger partial charge is 0.147 e. The number of carbonyl (C=O) groups excluding carboxylic acids is 1. The second-order valence-corrected chi connectivity index (χ2v) is 2.31. The van der Waals surface area contributed by atoms with Crippen LogP contribution in [0.4, 0.5) is 0 Å². The van der Waals surface area contributed by atoms with Gasteiger partial charge in [0.2, 0.25) is 0 Å². The zero-order valence-electron chi connectivity index (χ0n) is 5.59. The molecule has 0 aliphatic carbocycles. The number of rotatable bonds is 5. The Balaban J connectivity index is 3.26. The van der Waals surface area contributed by atoms with Crippen molar-refractivity contribution in [2.75, 3.05) is 12.5 Å². The fourth-order valence-electron chi connectivity index (χ4n) is 0.486. The van der Waals surface area contributed by atoms with Crippen molar-refractivity contribution in [2.24, 2.45) is 0 Å². The molecule has 0 unspecified atom stereocenters. The molecule has 10 heavy (non-hydrogen) atoms. The molecule has 0 bridgehead atoms. The summed E-state index contributed by atoms with van der Waals surface area (Å²) in [6, 6.07) is 0. The highest BCUT2D eigenvalue weighted by molar-refractivity contribution is 6.27. The highest BCUT2D eigenvalue weighted by atomic mass is 35.5. The third-order valence-corrected chi connectivity index (χ3v) is 1.41. The van der Waals surface area contributed by atoms with Gasteiger partial charge in [-0.25, -0.2) is 0 Å². The van der Waals surface area contributed by atoms with Gasteiger partial charge in [-0.15, -0.1) is 11.6 Å². The van der Waals surface area contributed by atoms with E-state index in [1.54, 1.807) is 0 Å². The zero-order valence-corrected chi connectivity index (χ0v) is 6.34. The van der Waals surface area contributed by atoms with Crippen LogP contribution >= 0.6 is 11.6 Å². The van der Waals surface area contributed by atoms with E-state index in [-0.39, 0.29) is 24.7 Å². The first-order valence-corrected chi connectivity index (χ1v) is 3.60. The molecule has 0 aromatic carbocycles. The van der Waals surface area contributed by atoms with Crippen molar-refractivity contribution >= 4 is 17.4 Å². The Hall–Kier alpha value is -0.120. The van der Waals surface area contributed by atoms with E-state index in [1.807, 2.05) is 0 Å². The van der Waals surface area contributed by atoms with Crippen molar-refractivity contribution in [2.45, 2.75) is 18.9 Å². The average molecular weight is 167 g/mol. The van der Waals surface area contributed by atoms with Crippen molar-refractivity contribution in [1.82, 2.24) is 0 Å². The summed E-state index contributed by atoms with van der Waals surface area (Å²) in [6.07, 6.45) is -0.250. The monoisotopic (exact) mass is 166 g/mol. The van der Waals surface area contributed by atoms with E-state index in [0.717, 1.165) is 0 Å². The van der Waals surface area contributed by atoms with Crippen LogP contribution in [0.25, 0.3) is 0 Å². The molecule has 0 saturated carbocycles. The summed E-state index contributed by atoms with van der Waals surface area (Å²) < 4.78 is 0. The predicted molar refractivity (Wildman–Crippen MR) is 38.1 cm³/mol. The van der Waals surface area contributed by atoms with Crippen LogP contribution in [0.2, 0.25) is 0 Å². The summed E-state index contributed by atoms with van der Waals surface area (Å²) >= 11 is 5.18. The van der Waals surface area contributed by atoms with Gasteiger partial charge in [0, 0.05) is 6.42 Å². The number of hydrogen-bond donors (Lipinski definition) is 2. The summed E-state index contributed by atoms with van der Waals surface area (Å²) in [5, 5.41) is 17.1. The van der Waals surface area contributed by atoms with Gasteiger partial charge in [-0.3, -0.25) is 4.79 Å². The highest BCUT2D eigenvalue weighted by Gasteiger charge is 2.05. The van der Waals surface area contributed by atoms with E-state index in [2.05, 4.69) is 0 Å². The lowest BCUT2D eigenvalue weighted by Crippen LogP contribution is -2.14. The van der Waals surface area contributed by atoms with Crippen LogP contribution in [0.15, 0.2) is 0 Å². The lowest BCUT2D eigenvalue weighted by molar-refractivity contribution is -0.117. The second kappa shape index (κ2) is 5.65. The molecule has 0 saturated heterocycles. The molecule has 4 heteroatoms. The van der Waals surface area contributed by atoms with Gasteiger partial charge >= 0.3 is 0 Å². The van der Waals surface area contributed by atoms with Crippen molar-refractivity contribution < 1.29 is 15.0 Å². The van der Waals surface area contributed by atoms with Gasteiger partial charge in [-0.05, 0) is 6.42 Å². The number of aliphatic hydroxyl groups excluding tert-OH is 2. The SMILES string of the molecule is O=C(CCl)CC[C@H](O)CO. The Morgan fingerprint density at radius 2 is 2.20 bits per heavy atom. The molecule has 0 aromatic rings. The van der Waals surface area contributed by atoms with Gasteiger partial charge in [0.25, 0.3) is 0 Å². The normalized spacial score (nSPS) is 13.1. The molecular formula is C6H11ClO3. The Morgan fingerprint density at radius 1 is 1.60 bits per heavy atom. The van der Waals surface area contributed by atoms with Crippen LogP contribution in [0.3, 0.4) is 0 Å². The summed E-state index contributed by atoms with van der Waals surface area (Å²) in [5.41, 5.74) is 0. The Kier molecular flexibility index (Phi) is 5.58. The average Bonchev–Trinajstić information content (AvgIpc) is 1.99. The van der Waals surface area contributed by atoms with Gasteiger partial charge in [-0.1, -0.05) is 0 Å². The van der Waals surface area contributed by atoms with E-state index < -0.39 is 6.10 Å². The van der Waals surface area contributed by atoms with Crippen LogP contribution in [-0.2, 0) is 4.79 Å². The molecule has 0 heterocycles. The molecule has 0 aliphatic rings. The van der Waals surface area contributed by atoms with Crippen molar-refractivity contribution in [3.8, 4) is 0 Å². The van der Waals surface area contributed by atoms with Crippen LogP contribution in [0.5, 0.6) is 0 Å². The third kappa shape index (κ3) is 4.73. The number of carbonyl (C=O) groups is 1. The topological polar surface area (TPSA) is 57.5 Å². The molecule has 3 nitrogen and oxygen atoms in total. The Labute approximate surface area is 64.6 Å². The molecule has 0 fully saturated rings. The van der Waals surface area contributed by atoms with Gasteiger partial charge in [0.05, 0.1) is 18.6 Å². The van der Waals surface area contributed by atoms with Gasteiger partial charge in [0.1, 0.15) is 5.78 Å². The highest BCUT2D eigenvalue weighted by Crippen LogP contribution is 1.97. The van der Waals surface area contributed by atoms with Gasteiger partial charge in [-0.2, -0.15) is 0 Å². The van der Waals surface area contributed by atoms with Crippen LogP contribution < -0.4 is 0 Å². The minimum Gasteiger partial charge on any atom is -0.394 e. The standard InChI is InChI=1S/C6H11ClO3/c7-3-5(9)1-2-6(10)4-8/h6,8,10H,1-4H2/t6-/m0/s1. The molecule has 1 atom stereocenters. The number of ketones is 1. The van der Waals surface area contributed by atoms with Crippen LogP contribution in [0.1, 0.15) is 12.8 Å². The first kappa shape index (κ1) is 9.88. The lowest BCUT2D eigenvalue weighted by Gasteiger charge is -2.03. The summed E-state index contributed by atoms with van der Waals surface area (Å²) in [4.78, 5) is 10.5. The number of alkyl halides is 1. The molecule has 0 amide bonds. The Bertz CT molecular complexity index is 105. The van der Waals surface area contributed by atoms with Crippen LogP contribution in [-0.4, -0.2) is 34.6 Å². The van der Waals surface area contributed by atoms with E-state index >= 15 is 0 Å².